The number of aliphatic hydroxyl groups is 1. The van der Waals surface area contributed by atoms with E-state index in [9.17, 15) is 53.1 Å². The molecule has 9 rings (SSSR count). The number of carbonyl (C=O) groups excluding carboxylic acids is 9. The Morgan fingerprint density at radius 2 is 1.58 bits per heavy atom. The van der Waals surface area contributed by atoms with Gasteiger partial charge in [0.15, 0.2) is 5.60 Å². The Balaban J connectivity index is 0.721. The summed E-state index contributed by atoms with van der Waals surface area (Å²) < 4.78 is 27.9. The predicted molar refractivity (Wildman–Crippen MR) is 274 cm³/mol. The van der Waals surface area contributed by atoms with Crippen LogP contribution in [0.25, 0.3) is 22.3 Å². The van der Waals surface area contributed by atoms with Gasteiger partial charge in [-0.3, -0.25) is 48.1 Å². The second-order valence-corrected chi connectivity index (χ2v) is 20.4. The Kier molecular flexibility index (Phi) is 16.2. The molecule has 0 unspecified atom stereocenters. The Morgan fingerprint density at radius 3 is 2.33 bits per heavy atom. The number of unbranched alkanes of at least 4 members (excludes halogenated alkanes) is 2. The minimum absolute atomic E-state index is 0.0975. The number of imide groups is 1. The lowest BCUT2D eigenvalue weighted by atomic mass is 9.79. The molecule has 3 atom stereocenters. The molecule has 410 valence electrons. The number of carbonyl (C=O) groups is 9. The molecule has 2 aromatic heterocycles. The Labute approximate surface area is 446 Å². The molecule has 2 aromatic carbocycles. The quantitative estimate of drug-likeness (QED) is 0.0221. The maximum atomic E-state index is 15.4. The molecule has 2 aliphatic carbocycles. The number of halogens is 1. The van der Waals surface area contributed by atoms with Crippen molar-refractivity contribution in [2.45, 2.75) is 115 Å². The summed E-state index contributed by atoms with van der Waals surface area (Å²) in [5.74, 6) is -5.62. The fourth-order valence-electron chi connectivity index (χ4n) is 10.6. The third-order valence-electron chi connectivity index (χ3n) is 15.1. The van der Waals surface area contributed by atoms with Crippen LogP contribution in [0, 0.1) is 18.7 Å². The van der Waals surface area contributed by atoms with Crippen LogP contribution < -0.4 is 37.5 Å². The van der Waals surface area contributed by atoms with Gasteiger partial charge in [-0.2, -0.15) is 0 Å². The highest BCUT2D eigenvalue weighted by Gasteiger charge is 2.44. The third kappa shape index (κ3) is 11.7. The molecule has 0 radical (unpaired) electrons. The first-order valence-electron chi connectivity index (χ1n) is 26.1. The summed E-state index contributed by atoms with van der Waals surface area (Å²) in [6, 6.07) is 10.6. The summed E-state index contributed by atoms with van der Waals surface area (Å²) in [7, 11) is 0. The zero-order chi connectivity index (χ0) is 55.4. The van der Waals surface area contributed by atoms with E-state index in [1.807, 2.05) is 30.3 Å². The van der Waals surface area contributed by atoms with Crippen molar-refractivity contribution in [3.8, 4) is 11.4 Å². The number of cyclic esters (lactones) is 1. The number of nitrogens with zero attached hydrogens (tertiary/aromatic N) is 3. The second kappa shape index (κ2) is 23.2. The Bertz CT molecular complexity index is 3210. The van der Waals surface area contributed by atoms with Crippen molar-refractivity contribution >= 4 is 64.1 Å². The lowest BCUT2D eigenvalue weighted by Gasteiger charge is -2.36. The molecule has 0 bridgehead atoms. The van der Waals surface area contributed by atoms with Crippen molar-refractivity contribution in [2.75, 3.05) is 32.9 Å². The molecule has 22 nitrogen and oxygen atoms in total. The van der Waals surface area contributed by atoms with Gasteiger partial charge in [-0.05, 0) is 93.5 Å². The van der Waals surface area contributed by atoms with Crippen LogP contribution in [0.3, 0.4) is 0 Å². The lowest BCUT2D eigenvalue weighted by Crippen LogP contribution is -2.51. The van der Waals surface area contributed by atoms with Crippen molar-refractivity contribution in [3.05, 3.63) is 110 Å². The van der Waals surface area contributed by atoms with Gasteiger partial charge in [-0.25, -0.2) is 14.2 Å². The molecule has 1 fully saturated rings. The molecule has 7 N–H and O–H groups in total. The lowest BCUT2D eigenvalue weighted by molar-refractivity contribution is -0.169. The number of ether oxygens (including phenoxy) is 2. The van der Waals surface area contributed by atoms with E-state index < -0.39 is 77.7 Å². The largest absolute Gasteiger partial charge is 0.458 e. The number of aromatic nitrogens is 2. The maximum Gasteiger partial charge on any atom is 0.342 e. The Hall–Kier alpha value is -8.18. The summed E-state index contributed by atoms with van der Waals surface area (Å²) in [6.07, 6.45) is 5.95. The number of amides is 8. The number of esters is 1. The van der Waals surface area contributed by atoms with E-state index in [1.165, 1.54) is 29.7 Å². The predicted octanol–water partition coefficient (Wildman–Crippen LogP) is 1.06. The number of aryl methyl sites for hydroxylation is 2. The molecule has 8 amide bonds. The van der Waals surface area contributed by atoms with Crippen LogP contribution in [0.5, 0.6) is 0 Å². The van der Waals surface area contributed by atoms with Gasteiger partial charge in [0, 0.05) is 53.6 Å². The molecule has 78 heavy (non-hydrogen) atoms. The fourth-order valence-corrected chi connectivity index (χ4v) is 10.6. The molecule has 1 saturated carbocycles. The van der Waals surface area contributed by atoms with Crippen LogP contribution in [-0.2, 0) is 84.2 Å². The average Bonchev–Trinajstić information content (AvgIpc) is 4.16. The molecular weight excluding hydrogens is 1010 g/mol. The highest BCUT2D eigenvalue weighted by Crippen LogP contribution is 2.46. The average molecular weight is 1070 g/mol. The SMILES string of the molecule is Cc1c(F)cc2nc3c(c4c2c1CC[C@@H]4NC(=O)C1CC(OCNC(=O)CNC(=O)[C@H](CCc2ccccc2)NC(=O)CNC(=O)CNC(=O)CCCCCN2C(=O)C=CC2=O)C1)Cn1c-3cc2c(c1=O)COC(=O)[C@@]2(C)O. The zero-order valence-electron chi connectivity index (χ0n) is 43.1. The van der Waals surface area contributed by atoms with E-state index >= 15 is 4.39 Å². The summed E-state index contributed by atoms with van der Waals surface area (Å²) >= 11 is 0. The first kappa shape index (κ1) is 54.6. The van der Waals surface area contributed by atoms with Crippen LogP contribution in [0.1, 0.15) is 103 Å². The third-order valence-corrected chi connectivity index (χ3v) is 15.1. The summed E-state index contributed by atoms with van der Waals surface area (Å²) in [5, 5.41) is 27.6. The Morgan fingerprint density at radius 1 is 0.872 bits per heavy atom. The molecule has 0 saturated heterocycles. The van der Waals surface area contributed by atoms with Gasteiger partial charge in [-0.1, -0.05) is 36.8 Å². The second-order valence-electron chi connectivity index (χ2n) is 20.4. The summed E-state index contributed by atoms with van der Waals surface area (Å²) in [6.45, 7) is 1.49. The van der Waals surface area contributed by atoms with E-state index in [0.29, 0.717) is 84.8 Å². The molecule has 4 aromatic rings. The highest BCUT2D eigenvalue weighted by molar-refractivity contribution is 6.12. The van der Waals surface area contributed by atoms with Gasteiger partial charge in [-0.15, -0.1) is 0 Å². The van der Waals surface area contributed by atoms with E-state index in [1.54, 1.807) is 13.0 Å². The number of nitrogens with one attached hydrogen (secondary N) is 6. The highest BCUT2D eigenvalue weighted by atomic mass is 19.1. The van der Waals surface area contributed by atoms with E-state index in [0.717, 1.165) is 21.6 Å². The molecule has 3 aliphatic heterocycles. The van der Waals surface area contributed by atoms with Gasteiger partial charge < -0.3 is 51.0 Å². The molecule has 0 spiro atoms. The van der Waals surface area contributed by atoms with Crippen LogP contribution >= 0.6 is 0 Å². The fraction of sp³-hybridized carbons (Fsp3) is 0.436. The van der Waals surface area contributed by atoms with Gasteiger partial charge in [0.1, 0.15) is 25.2 Å². The first-order valence-corrected chi connectivity index (χ1v) is 26.1. The van der Waals surface area contributed by atoms with Crippen molar-refractivity contribution < 1.29 is 62.1 Å². The van der Waals surface area contributed by atoms with Crippen LogP contribution in [0.2, 0.25) is 0 Å². The van der Waals surface area contributed by atoms with Gasteiger partial charge in [0.25, 0.3) is 17.4 Å². The van der Waals surface area contributed by atoms with Crippen molar-refractivity contribution in [1.82, 2.24) is 46.4 Å². The summed E-state index contributed by atoms with van der Waals surface area (Å²) in [4.78, 5) is 133. The van der Waals surface area contributed by atoms with Crippen molar-refractivity contribution in [2.24, 2.45) is 5.92 Å². The standard InChI is InChI=1S/C55H60FN9O13/c1-29-33-13-15-38(49-34-26-65-41(50(34)62-40(48(33)49)22-37(29)56)21-36-35(53(65)74)27-77-54(75)55(36,2)76)63-51(72)31-19-32(20-31)78-28-60-44(68)24-59-52(73)39(14-12-30-9-5-3-6-10-30)61-45(69)25-58-43(67)23-57-42(66)11-7-4-8-18-64-46(70)16-17-47(64)71/h3,5-6,9-10,16-17,21-22,31-32,38-39,76H,4,7-8,11-15,18-20,23-28H2,1-2H3,(H,57,66)(H,58,67)(H,59,73)(H,60,68)(H,61,69)(H,63,72)/t31?,32?,38-,39-,55-/m0/s1. The van der Waals surface area contributed by atoms with Crippen LogP contribution in [-0.4, -0.2) is 118 Å². The van der Waals surface area contributed by atoms with Crippen molar-refractivity contribution in [3.63, 3.8) is 0 Å². The van der Waals surface area contributed by atoms with Gasteiger partial charge in [0.05, 0.1) is 60.8 Å². The molecule has 5 heterocycles. The van der Waals surface area contributed by atoms with E-state index in [-0.39, 0.29) is 86.7 Å². The van der Waals surface area contributed by atoms with Crippen molar-refractivity contribution in [1.29, 1.82) is 0 Å². The maximum absolute atomic E-state index is 15.4. The monoisotopic (exact) mass is 1070 g/mol. The number of pyridine rings is 2. The summed E-state index contributed by atoms with van der Waals surface area (Å²) in [5.41, 5.74) is 2.41. The normalized spacial score (nSPS) is 19.9. The van der Waals surface area contributed by atoms with Crippen LogP contribution in [0.15, 0.2) is 59.4 Å². The van der Waals surface area contributed by atoms with E-state index in [2.05, 4.69) is 31.9 Å². The minimum atomic E-state index is -2.07. The number of hydrogen-bond donors (Lipinski definition) is 7. The molecule has 23 heteroatoms. The number of rotatable bonds is 22. The number of hydrogen-bond acceptors (Lipinski definition) is 14. The zero-order valence-corrected chi connectivity index (χ0v) is 43.1. The van der Waals surface area contributed by atoms with Gasteiger partial charge >= 0.3 is 5.97 Å². The minimum Gasteiger partial charge on any atom is -0.458 e. The first-order chi connectivity index (χ1) is 37.4. The number of benzene rings is 2. The van der Waals surface area contributed by atoms with Gasteiger partial charge in [0.2, 0.25) is 35.4 Å². The number of fused-ring (bicyclic) bond motifs is 5. The molecular formula is C55H60FN9O13. The molecule has 5 aliphatic rings. The van der Waals surface area contributed by atoms with Crippen LogP contribution in [0.4, 0.5) is 4.39 Å². The topological polar surface area (TPSA) is 303 Å². The smallest absolute Gasteiger partial charge is 0.342 e. The van der Waals surface area contributed by atoms with E-state index in [4.69, 9.17) is 14.5 Å².